The molecule has 19 heavy (non-hydrogen) atoms. The Morgan fingerprint density at radius 2 is 2.05 bits per heavy atom. The zero-order valence-corrected chi connectivity index (χ0v) is 12.3. The number of rotatable bonds is 6. The molecule has 0 fully saturated rings. The van der Waals surface area contributed by atoms with Crippen molar-refractivity contribution in [1.29, 1.82) is 0 Å². The first-order chi connectivity index (χ1) is 9.17. The standard InChI is InChI=1S/C15H22N2OS/c1-10(8-18)11(2)17-14(7-16)13-9-19-15-6-4-3-5-12(13)15/h3-6,9-11,14,17-18H,7-8,16H2,1-2H3. The molecule has 0 bridgehead atoms. The molecule has 0 aliphatic carbocycles. The van der Waals surface area contributed by atoms with Crippen molar-refractivity contribution in [2.24, 2.45) is 11.7 Å². The van der Waals surface area contributed by atoms with Gasteiger partial charge in [0, 0.05) is 29.9 Å². The lowest BCUT2D eigenvalue weighted by molar-refractivity contribution is 0.201. The molecule has 3 unspecified atom stereocenters. The van der Waals surface area contributed by atoms with Crippen LogP contribution in [0.3, 0.4) is 0 Å². The van der Waals surface area contributed by atoms with Crippen LogP contribution in [0.25, 0.3) is 10.1 Å². The molecule has 2 rings (SSSR count). The van der Waals surface area contributed by atoms with Crippen LogP contribution in [0.2, 0.25) is 0 Å². The molecule has 0 amide bonds. The molecule has 1 aromatic heterocycles. The van der Waals surface area contributed by atoms with Crippen LogP contribution in [0, 0.1) is 5.92 Å². The molecule has 0 spiro atoms. The van der Waals surface area contributed by atoms with Crippen molar-refractivity contribution in [1.82, 2.24) is 5.32 Å². The van der Waals surface area contributed by atoms with Gasteiger partial charge in [0.05, 0.1) is 0 Å². The average Bonchev–Trinajstić information content (AvgIpc) is 2.87. The average molecular weight is 278 g/mol. The number of nitrogens with two attached hydrogens (primary N) is 1. The summed E-state index contributed by atoms with van der Waals surface area (Å²) in [5, 5.41) is 16.2. The van der Waals surface area contributed by atoms with Crippen molar-refractivity contribution in [2.75, 3.05) is 13.2 Å². The Balaban J connectivity index is 2.22. The molecule has 3 atom stereocenters. The summed E-state index contributed by atoms with van der Waals surface area (Å²) in [7, 11) is 0. The molecule has 0 saturated carbocycles. The third-order valence-electron chi connectivity index (χ3n) is 3.73. The fraction of sp³-hybridized carbons (Fsp3) is 0.467. The first-order valence-corrected chi connectivity index (χ1v) is 7.58. The van der Waals surface area contributed by atoms with Crippen LogP contribution in [-0.2, 0) is 0 Å². The highest BCUT2D eigenvalue weighted by Crippen LogP contribution is 2.30. The van der Waals surface area contributed by atoms with Crippen molar-refractivity contribution in [2.45, 2.75) is 25.9 Å². The molecule has 104 valence electrons. The minimum atomic E-state index is 0.139. The van der Waals surface area contributed by atoms with E-state index in [9.17, 15) is 5.11 Å². The van der Waals surface area contributed by atoms with Gasteiger partial charge in [-0.15, -0.1) is 11.3 Å². The Labute approximate surface area is 118 Å². The summed E-state index contributed by atoms with van der Waals surface area (Å²) in [5.41, 5.74) is 7.19. The van der Waals surface area contributed by atoms with Gasteiger partial charge in [0.25, 0.3) is 0 Å². The Morgan fingerprint density at radius 3 is 2.74 bits per heavy atom. The molecule has 0 radical (unpaired) electrons. The highest BCUT2D eigenvalue weighted by molar-refractivity contribution is 7.17. The van der Waals surface area contributed by atoms with E-state index in [1.165, 1.54) is 15.6 Å². The molecule has 4 N–H and O–H groups in total. The lowest BCUT2D eigenvalue weighted by atomic mass is 10.0. The summed E-state index contributed by atoms with van der Waals surface area (Å²) in [6.07, 6.45) is 0. The predicted octanol–water partition coefficient (Wildman–Crippen LogP) is 2.51. The van der Waals surface area contributed by atoms with E-state index in [-0.39, 0.29) is 24.6 Å². The first-order valence-electron chi connectivity index (χ1n) is 6.70. The number of hydrogen-bond acceptors (Lipinski definition) is 4. The van der Waals surface area contributed by atoms with Gasteiger partial charge in [0.1, 0.15) is 0 Å². The molecule has 2 aromatic rings. The van der Waals surface area contributed by atoms with E-state index in [0.717, 1.165) is 0 Å². The molecule has 0 saturated heterocycles. The summed E-state index contributed by atoms with van der Waals surface area (Å²) < 4.78 is 1.29. The van der Waals surface area contributed by atoms with Gasteiger partial charge in [-0.3, -0.25) is 0 Å². The topological polar surface area (TPSA) is 58.3 Å². The highest BCUT2D eigenvalue weighted by atomic mass is 32.1. The molecule has 1 heterocycles. The highest BCUT2D eigenvalue weighted by Gasteiger charge is 2.19. The van der Waals surface area contributed by atoms with Gasteiger partial charge >= 0.3 is 0 Å². The van der Waals surface area contributed by atoms with Crippen molar-refractivity contribution < 1.29 is 5.11 Å². The van der Waals surface area contributed by atoms with E-state index in [1.807, 2.05) is 6.92 Å². The quantitative estimate of drug-likeness (QED) is 0.761. The zero-order valence-electron chi connectivity index (χ0n) is 11.5. The number of aliphatic hydroxyl groups excluding tert-OH is 1. The molecular formula is C15H22N2OS. The fourth-order valence-electron chi connectivity index (χ4n) is 2.19. The van der Waals surface area contributed by atoms with Crippen LogP contribution in [0.15, 0.2) is 29.6 Å². The predicted molar refractivity (Wildman–Crippen MR) is 82.5 cm³/mol. The smallest absolute Gasteiger partial charge is 0.0471 e. The number of aliphatic hydroxyl groups is 1. The van der Waals surface area contributed by atoms with Crippen molar-refractivity contribution in [3.05, 3.63) is 35.2 Å². The second-order valence-corrected chi connectivity index (χ2v) is 6.00. The largest absolute Gasteiger partial charge is 0.396 e. The molecule has 3 nitrogen and oxygen atoms in total. The van der Waals surface area contributed by atoms with Crippen molar-refractivity contribution in [3.63, 3.8) is 0 Å². The third-order valence-corrected chi connectivity index (χ3v) is 4.71. The van der Waals surface area contributed by atoms with Gasteiger partial charge in [-0.1, -0.05) is 25.1 Å². The monoisotopic (exact) mass is 278 g/mol. The van der Waals surface area contributed by atoms with Crippen LogP contribution in [0.1, 0.15) is 25.5 Å². The van der Waals surface area contributed by atoms with Gasteiger partial charge in [-0.05, 0) is 35.2 Å². The number of thiophene rings is 1. The van der Waals surface area contributed by atoms with Crippen molar-refractivity contribution >= 4 is 21.4 Å². The Bertz CT molecular complexity index is 526. The minimum Gasteiger partial charge on any atom is -0.396 e. The maximum absolute atomic E-state index is 9.22. The van der Waals surface area contributed by atoms with Crippen LogP contribution in [-0.4, -0.2) is 24.3 Å². The lowest BCUT2D eigenvalue weighted by Crippen LogP contribution is -2.39. The number of hydrogen-bond donors (Lipinski definition) is 3. The molecule has 1 aromatic carbocycles. The lowest BCUT2D eigenvalue weighted by Gasteiger charge is -2.25. The normalized spacial score (nSPS) is 16.4. The van der Waals surface area contributed by atoms with Gasteiger partial charge < -0.3 is 16.2 Å². The van der Waals surface area contributed by atoms with E-state index in [1.54, 1.807) is 11.3 Å². The zero-order chi connectivity index (χ0) is 13.8. The second kappa shape index (κ2) is 6.48. The van der Waals surface area contributed by atoms with Gasteiger partial charge in [-0.2, -0.15) is 0 Å². The summed E-state index contributed by atoms with van der Waals surface area (Å²) in [6, 6.07) is 8.77. The van der Waals surface area contributed by atoms with E-state index < -0.39 is 0 Å². The van der Waals surface area contributed by atoms with Gasteiger partial charge in [0.2, 0.25) is 0 Å². The Hall–Kier alpha value is -0.940. The van der Waals surface area contributed by atoms with Gasteiger partial charge in [-0.25, -0.2) is 0 Å². The maximum Gasteiger partial charge on any atom is 0.0471 e. The van der Waals surface area contributed by atoms with E-state index in [4.69, 9.17) is 5.73 Å². The van der Waals surface area contributed by atoms with Crippen LogP contribution in [0.4, 0.5) is 0 Å². The SMILES string of the molecule is CC(CO)C(C)NC(CN)c1csc2ccccc12. The summed E-state index contributed by atoms with van der Waals surface area (Å²) in [4.78, 5) is 0. The summed E-state index contributed by atoms with van der Waals surface area (Å²) >= 11 is 1.75. The summed E-state index contributed by atoms with van der Waals surface area (Å²) in [6.45, 7) is 4.88. The second-order valence-electron chi connectivity index (χ2n) is 5.09. The number of fused-ring (bicyclic) bond motifs is 1. The fourth-order valence-corrected chi connectivity index (χ4v) is 3.21. The molecule has 4 heteroatoms. The third kappa shape index (κ3) is 3.15. The molecular weight excluding hydrogens is 256 g/mol. The minimum absolute atomic E-state index is 0.139. The van der Waals surface area contributed by atoms with Crippen LogP contribution in [0.5, 0.6) is 0 Å². The molecule has 0 aliphatic heterocycles. The Kier molecular flexibility index (Phi) is 4.93. The van der Waals surface area contributed by atoms with Gasteiger partial charge in [0.15, 0.2) is 0 Å². The van der Waals surface area contributed by atoms with Crippen molar-refractivity contribution in [3.8, 4) is 0 Å². The number of nitrogens with one attached hydrogen (secondary N) is 1. The van der Waals surface area contributed by atoms with E-state index in [0.29, 0.717) is 6.54 Å². The Morgan fingerprint density at radius 1 is 1.32 bits per heavy atom. The van der Waals surface area contributed by atoms with Crippen LogP contribution >= 0.6 is 11.3 Å². The maximum atomic E-state index is 9.22. The number of benzene rings is 1. The summed E-state index contributed by atoms with van der Waals surface area (Å²) in [5.74, 6) is 0.221. The van der Waals surface area contributed by atoms with E-state index >= 15 is 0 Å². The molecule has 0 aliphatic rings. The van der Waals surface area contributed by atoms with E-state index in [2.05, 4.69) is 41.9 Å². The first kappa shape index (κ1) is 14.5. The van der Waals surface area contributed by atoms with Crippen LogP contribution < -0.4 is 11.1 Å².